The summed E-state index contributed by atoms with van der Waals surface area (Å²) >= 11 is 0. The Labute approximate surface area is 70.4 Å². The Balaban J connectivity index is 3.15. The van der Waals surface area contributed by atoms with Crippen LogP contribution in [0.15, 0.2) is 18.2 Å². The molecule has 1 aromatic carbocycles. The lowest BCUT2D eigenvalue weighted by Gasteiger charge is -2.00. The number of non-ortho nitro benzene ring substituents is 1. The average molecular weight is 165 g/mol. The second-order valence-electron chi connectivity index (χ2n) is 2.40. The first-order chi connectivity index (χ1) is 5.63. The molecule has 0 aromatic heterocycles. The van der Waals surface area contributed by atoms with E-state index < -0.39 is 4.92 Å². The molecule has 1 radical (unpaired) electrons. The number of anilines is 1. The van der Waals surface area contributed by atoms with Crippen LogP contribution in [0.3, 0.4) is 0 Å². The van der Waals surface area contributed by atoms with Crippen LogP contribution in [-0.4, -0.2) is 12.0 Å². The van der Waals surface area contributed by atoms with Crippen molar-refractivity contribution in [3.63, 3.8) is 0 Å². The fraction of sp³-hybridized carbons (Fsp3) is 0.125. The van der Waals surface area contributed by atoms with Crippen molar-refractivity contribution in [3.05, 3.63) is 40.8 Å². The molecule has 0 aliphatic heterocycles. The first-order valence-electron chi connectivity index (χ1n) is 3.42. The number of nitrogens with zero attached hydrogens (tertiary/aromatic N) is 1. The third kappa shape index (κ3) is 1.72. The van der Waals surface area contributed by atoms with Gasteiger partial charge in [-0.1, -0.05) is 0 Å². The highest BCUT2D eigenvalue weighted by atomic mass is 16.6. The highest BCUT2D eigenvalue weighted by molar-refractivity contribution is 5.54. The van der Waals surface area contributed by atoms with Crippen molar-refractivity contribution in [2.45, 2.75) is 0 Å². The molecule has 0 unspecified atom stereocenters. The lowest BCUT2D eigenvalue weighted by molar-refractivity contribution is -0.384. The second-order valence-corrected chi connectivity index (χ2v) is 2.40. The quantitative estimate of drug-likeness (QED) is 0.537. The predicted molar refractivity (Wildman–Crippen MR) is 47.1 cm³/mol. The number of rotatable bonds is 2. The number of benzene rings is 1. The van der Waals surface area contributed by atoms with Gasteiger partial charge in [-0.3, -0.25) is 10.1 Å². The normalized spacial score (nSPS) is 9.50. The van der Waals surface area contributed by atoms with Gasteiger partial charge in [0, 0.05) is 24.9 Å². The summed E-state index contributed by atoms with van der Waals surface area (Å²) in [5.41, 5.74) is 1.40. The standard InChI is InChI=1S/C8H9N2O2/c1-6-3-7(9-2)5-8(4-6)10(11)12/h3-5,9H,1H2,2H3. The van der Waals surface area contributed by atoms with Crippen LogP contribution in [0, 0.1) is 17.0 Å². The molecular formula is C8H9N2O2. The van der Waals surface area contributed by atoms with Crippen LogP contribution >= 0.6 is 0 Å². The Morgan fingerprint density at radius 1 is 1.50 bits per heavy atom. The monoisotopic (exact) mass is 165 g/mol. The van der Waals surface area contributed by atoms with Gasteiger partial charge in [-0.25, -0.2) is 0 Å². The molecule has 12 heavy (non-hydrogen) atoms. The second kappa shape index (κ2) is 3.21. The summed E-state index contributed by atoms with van der Waals surface area (Å²) in [4.78, 5) is 9.94. The molecule has 0 aliphatic carbocycles. The molecule has 0 bridgehead atoms. The zero-order chi connectivity index (χ0) is 9.14. The molecule has 0 spiro atoms. The van der Waals surface area contributed by atoms with Crippen LogP contribution in [0.4, 0.5) is 11.4 Å². The molecule has 0 fully saturated rings. The zero-order valence-corrected chi connectivity index (χ0v) is 6.70. The maximum atomic E-state index is 10.4. The van der Waals surface area contributed by atoms with Gasteiger partial charge in [0.1, 0.15) is 0 Å². The van der Waals surface area contributed by atoms with Crippen molar-refractivity contribution in [1.29, 1.82) is 0 Å². The average Bonchev–Trinajstić information content (AvgIpc) is 2.03. The minimum absolute atomic E-state index is 0.0619. The molecule has 0 heterocycles. The summed E-state index contributed by atoms with van der Waals surface area (Å²) in [6.07, 6.45) is 0. The van der Waals surface area contributed by atoms with E-state index in [1.165, 1.54) is 12.1 Å². The maximum absolute atomic E-state index is 10.4. The lowest BCUT2D eigenvalue weighted by atomic mass is 10.2. The van der Waals surface area contributed by atoms with Crippen LogP contribution in [0.2, 0.25) is 0 Å². The van der Waals surface area contributed by atoms with Crippen LogP contribution in [0.25, 0.3) is 0 Å². The third-order valence-electron chi connectivity index (χ3n) is 1.48. The first kappa shape index (κ1) is 8.52. The number of hydrogen-bond donors (Lipinski definition) is 1. The Morgan fingerprint density at radius 2 is 2.17 bits per heavy atom. The van der Waals surface area contributed by atoms with Crippen molar-refractivity contribution in [2.24, 2.45) is 0 Å². The van der Waals surface area contributed by atoms with Crippen molar-refractivity contribution >= 4 is 11.4 Å². The van der Waals surface area contributed by atoms with E-state index >= 15 is 0 Å². The molecule has 1 aromatic rings. The van der Waals surface area contributed by atoms with Gasteiger partial charge in [-0.2, -0.15) is 0 Å². The minimum Gasteiger partial charge on any atom is -0.388 e. The number of nitrogens with one attached hydrogen (secondary N) is 1. The van der Waals surface area contributed by atoms with E-state index in [-0.39, 0.29) is 5.69 Å². The predicted octanol–water partition coefficient (Wildman–Crippen LogP) is 1.82. The largest absolute Gasteiger partial charge is 0.388 e. The smallest absolute Gasteiger partial charge is 0.271 e. The molecule has 0 saturated heterocycles. The van der Waals surface area contributed by atoms with Gasteiger partial charge in [0.2, 0.25) is 0 Å². The Bertz CT molecular complexity index is 310. The molecule has 63 valence electrons. The van der Waals surface area contributed by atoms with Crippen molar-refractivity contribution in [1.82, 2.24) is 0 Å². The lowest BCUT2D eigenvalue weighted by Crippen LogP contribution is -1.93. The molecule has 4 nitrogen and oxygen atoms in total. The maximum Gasteiger partial charge on any atom is 0.271 e. The molecule has 0 saturated carbocycles. The van der Waals surface area contributed by atoms with Crippen molar-refractivity contribution in [3.8, 4) is 0 Å². The fourth-order valence-corrected chi connectivity index (χ4v) is 0.924. The van der Waals surface area contributed by atoms with E-state index in [4.69, 9.17) is 0 Å². The summed E-state index contributed by atoms with van der Waals surface area (Å²) in [5, 5.41) is 13.2. The van der Waals surface area contributed by atoms with Crippen LogP contribution in [0.1, 0.15) is 5.56 Å². The van der Waals surface area contributed by atoms with E-state index in [0.29, 0.717) is 11.3 Å². The summed E-state index contributed by atoms with van der Waals surface area (Å²) in [6.45, 7) is 3.63. The number of hydrogen-bond acceptors (Lipinski definition) is 3. The van der Waals surface area contributed by atoms with Gasteiger partial charge in [0.15, 0.2) is 0 Å². The van der Waals surface area contributed by atoms with Gasteiger partial charge >= 0.3 is 0 Å². The molecule has 4 heteroatoms. The van der Waals surface area contributed by atoms with Crippen LogP contribution in [-0.2, 0) is 0 Å². The number of nitro benzene ring substituents is 1. The van der Waals surface area contributed by atoms with Gasteiger partial charge in [0.25, 0.3) is 5.69 Å². The first-order valence-corrected chi connectivity index (χ1v) is 3.42. The Morgan fingerprint density at radius 3 is 2.67 bits per heavy atom. The summed E-state index contributed by atoms with van der Waals surface area (Å²) in [5.74, 6) is 0. The highest BCUT2D eigenvalue weighted by Crippen LogP contribution is 2.19. The molecule has 1 N–H and O–H groups in total. The Kier molecular flexibility index (Phi) is 2.28. The van der Waals surface area contributed by atoms with Crippen molar-refractivity contribution in [2.75, 3.05) is 12.4 Å². The molecule has 0 atom stereocenters. The SMILES string of the molecule is [CH2]c1cc(NC)cc([N+](=O)[O-])c1. The highest BCUT2D eigenvalue weighted by Gasteiger charge is 2.06. The number of nitro groups is 1. The summed E-state index contributed by atoms with van der Waals surface area (Å²) in [7, 11) is 1.71. The fourth-order valence-electron chi connectivity index (χ4n) is 0.924. The van der Waals surface area contributed by atoms with Gasteiger partial charge < -0.3 is 5.32 Å². The van der Waals surface area contributed by atoms with Crippen LogP contribution < -0.4 is 5.32 Å². The van der Waals surface area contributed by atoms with E-state index in [0.717, 1.165) is 0 Å². The van der Waals surface area contributed by atoms with Gasteiger partial charge in [0.05, 0.1) is 4.92 Å². The van der Waals surface area contributed by atoms with Crippen molar-refractivity contribution < 1.29 is 4.92 Å². The van der Waals surface area contributed by atoms with E-state index in [9.17, 15) is 10.1 Å². The topological polar surface area (TPSA) is 55.2 Å². The van der Waals surface area contributed by atoms with Crippen LogP contribution in [0.5, 0.6) is 0 Å². The molecular weight excluding hydrogens is 156 g/mol. The van der Waals surface area contributed by atoms with Gasteiger partial charge in [-0.05, 0) is 18.6 Å². The van der Waals surface area contributed by atoms with E-state index in [2.05, 4.69) is 12.2 Å². The van der Waals surface area contributed by atoms with E-state index in [1.54, 1.807) is 13.1 Å². The Hall–Kier alpha value is -1.58. The minimum atomic E-state index is -0.435. The summed E-state index contributed by atoms with van der Waals surface area (Å²) in [6, 6.07) is 4.64. The van der Waals surface area contributed by atoms with Gasteiger partial charge in [-0.15, -0.1) is 0 Å². The molecule has 1 rings (SSSR count). The summed E-state index contributed by atoms with van der Waals surface area (Å²) < 4.78 is 0. The van der Waals surface area contributed by atoms with E-state index in [1.807, 2.05) is 0 Å². The molecule has 0 aliphatic rings. The third-order valence-corrected chi connectivity index (χ3v) is 1.48. The molecule has 0 amide bonds. The zero-order valence-electron chi connectivity index (χ0n) is 6.70.